The molecule has 1 fully saturated rings. The first kappa shape index (κ1) is 12.0. The van der Waals surface area contributed by atoms with Crippen molar-refractivity contribution in [2.45, 2.75) is 38.8 Å². The fraction of sp³-hybridized carbons (Fsp3) is 0.750. The van der Waals surface area contributed by atoms with Crippen LogP contribution in [0.2, 0.25) is 0 Å². The Morgan fingerprint density at radius 2 is 2.56 bits per heavy atom. The molecule has 3 atom stereocenters. The highest BCUT2D eigenvalue weighted by molar-refractivity contribution is 7.09. The smallest absolute Gasteiger partial charge is 0.0941 e. The van der Waals surface area contributed by atoms with E-state index in [1.165, 1.54) is 11.4 Å². The lowest BCUT2D eigenvalue weighted by molar-refractivity contribution is 0.0615. The molecule has 1 aliphatic heterocycles. The summed E-state index contributed by atoms with van der Waals surface area (Å²) in [6.45, 7) is 6.33. The molecule has 0 saturated carbocycles. The van der Waals surface area contributed by atoms with E-state index in [0.29, 0.717) is 18.1 Å². The van der Waals surface area contributed by atoms with Crippen molar-refractivity contribution in [2.24, 2.45) is 5.92 Å². The summed E-state index contributed by atoms with van der Waals surface area (Å²) in [5.74, 6) is 0.656. The molecule has 4 heteroatoms. The summed E-state index contributed by atoms with van der Waals surface area (Å²) >= 11 is 1.73. The Balaban J connectivity index is 1.99. The molecule has 1 aromatic rings. The Kier molecular flexibility index (Phi) is 4.32. The highest BCUT2D eigenvalue weighted by Gasteiger charge is 2.31. The second-order valence-electron chi connectivity index (χ2n) is 4.40. The van der Waals surface area contributed by atoms with Gasteiger partial charge in [-0.15, -0.1) is 11.3 Å². The number of rotatable bonds is 5. The van der Waals surface area contributed by atoms with Gasteiger partial charge in [-0.2, -0.15) is 0 Å². The Bertz CT molecular complexity index is 302. The summed E-state index contributed by atoms with van der Waals surface area (Å²) in [5.41, 5.74) is 0. The predicted octanol–water partition coefficient (Wildman–Crippen LogP) is 2.09. The third-order valence-electron chi connectivity index (χ3n) is 3.19. The van der Waals surface area contributed by atoms with E-state index >= 15 is 0 Å². The fourth-order valence-electron chi connectivity index (χ4n) is 2.34. The second kappa shape index (κ2) is 5.75. The van der Waals surface area contributed by atoms with E-state index in [4.69, 9.17) is 4.74 Å². The third-order valence-corrected chi connectivity index (χ3v) is 3.99. The quantitative estimate of drug-likeness (QED) is 0.855. The van der Waals surface area contributed by atoms with Crippen molar-refractivity contribution < 1.29 is 4.74 Å². The molecule has 2 rings (SSSR count). The van der Waals surface area contributed by atoms with Crippen LogP contribution in [0.4, 0.5) is 0 Å². The summed E-state index contributed by atoms with van der Waals surface area (Å²) in [4.78, 5) is 4.36. The van der Waals surface area contributed by atoms with Crippen molar-refractivity contribution in [3.8, 4) is 0 Å². The van der Waals surface area contributed by atoms with Gasteiger partial charge in [0, 0.05) is 30.6 Å². The molecule has 1 aliphatic rings. The molecule has 16 heavy (non-hydrogen) atoms. The predicted molar refractivity (Wildman–Crippen MR) is 66.8 cm³/mol. The molecule has 0 aliphatic carbocycles. The minimum absolute atomic E-state index is 0.351. The SMILES string of the molecule is CCNC(Cc1nccs1)C1OCCC1C. The van der Waals surface area contributed by atoms with Crippen molar-refractivity contribution in [3.63, 3.8) is 0 Å². The lowest BCUT2D eigenvalue weighted by Gasteiger charge is -2.26. The van der Waals surface area contributed by atoms with Crippen LogP contribution in [-0.4, -0.2) is 30.3 Å². The molecular weight excluding hydrogens is 220 g/mol. The van der Waals surface area contributed by atoms with Crippen LogP contribution in [0.15, 0.2) is 11.6 Å². The molecule has 3 unspecified atom stereocenters. The molecule has 2 heterocycles. The average Bonchev–Trinajstić information content (AvgIpc) is 2.88. The fourth-order valence-corrected chi connectivity index (χ4v) is 3.02. The number of hydrogen-bond acceptors (Lipinski definition) is 4. The minimum Gasteiger partial charge on any atom is -0.376 e. The lowest BCUT2D eigenvalue weighted by Crippen LogP contribution is -2.43. The zero-order valence-electron chi connectivity index (χ0n) is 9.98. The van der Waals surface area contributed by atoms with Gasteiger partial charge in [-0.25, -0.2) is 4.98 Å². The standard InChI is InChI=1S/C12H20N2OS/c1-3-13-10(8-11-14-5-7-16-11)12-9(2)4-6-15-12/h5,7,9-10,12-13H,3-4,6,8H2,1-2H3. The molecule has 0 spiro atoms. The van der Waals surface area contributed by atoms with Crippen LogP contribution in [0.3, 0.4) is 0 Å². The van der Waals surface area contributed by atoms with Gasteiger partial charge < -0.3 is 10.1 Å². The first-order chi connectivity index (χ1) is 7.81. The third kappa shape index (κ3) is 2.81. The first-order valence-corrected chi connectivity index (χ1v) is 6.92. The van der Waals surface area contributed by atoms with Gasteiger partial charge >= 0.3 is 0 Å². The lowest BCUT2D eigenvalue weighted by atomic mass is 9.95. The average molecular weight is 240 g/mol. The minimum atomic E-state index is 0.351. The number of ether oxygens (including phenoxy) is 1. The van der Waals surface area contributed by atoms with Gasteiger partial charge in [0.1, 0.15) is 0 Å². The number of thiazole rings is 1. The number of nitrogens with one attached hydrogen (secondary N) is 1. The monoisotopic (exact) mass is 240 g/mol. The van der Waals surface area contributed by atoms with Crippen molar-refractivity contribution in [1.29, 1.82) is 0 Å². The molecule has 0 aromatic carbocycles. The van der Waals surface area contributed by atoms with Crippen LogP contribution in [0, 0.1) is 5.92 Å². The molecule has 1 N–H and O–H groups in total. The van der Waals surface area contributed by atoms with E-state index in [1.807, 2.05) is 11.6 Å². The van der Waals surface area contributed by atoms with Crippen molar-refractivity contribution >= 4 is 11.3 Å². The van der Waals surface area contributed by atoms with Crippen LogP contribution in [0.1, 0.15) is 25.3 Å². The van der Waals surface area contributed by atoms with Gasteiger partial charge in [-0.3, -0.25) is 0 Å². The van der Waals surface area contributed by atoms with Crippen molar-refractivity contribution in [3.05, 3.63) is 16.6 Å². The highest BCUT2D eigenvalue weighted by atomic mass is 32.1. The number of nitrogens with zero attached hydrogens (tertiary/aromatic N) is 1. The van der Waals surface area contributed by atoms with E-state index in [1.54, 1.807) is 11.3 Å². The van der Waals surface area contributed by atoms with Gasteiger partial charge in [0.15, 0.2) is 0 Å². The zero-order chi connectivity index (χ0) is 11.4. The highest BCUT2D eigenvalue weighted by Crippen LogP contribution is 2.25. The second-order valence-corrected chi connectivity index (χ2v) is 5.37. The Hall–Kier alpha value is -0.450. The van der Waals surface area contributed by atoms with Crippen molar-refractivity contribution in [2.75, 3.05) is 13.2 Å². The maximum atomic E-state index is 5.84. The van der Waals surface area contributed by atoms with Crippen LogP contribution in [-0.2, 0) is 11.2 Å². The van der Waals surface area contributed by atoms with Crippen molar-refractivity contribution in [1.82, 2.24) is 10.3 Å². The van der Waals surface area contributed by atoms with Gasteiger partial charge in [0.2, 0.25) is 0 Å². The zero-order valence-corrected chi connectivity index (χ0v) is 10.8. The normalized spacial score (nSPS) is 27.1. The molecule has 1 saturated heterocycles. The van der Waals surface area contributed by atoms with Gasteiger partial charge in [-0.1, -0.05) is 13.8 Å². The molecule has 0 amide bonds. The Labute approximate surface area is 101 Å². The maximum Gasteiger partial charge on any atom is 0.0941 e. The summed E-state index contributed by atoms with van der Waals surface area (Å²) in [5, 5.41) is 6.78. The summed E-state index contributed by atoms with van der Waals surface area (Å²) in [6.07, 6.45) is 4.40. The largest absolute Gasteiger partial charge is 0.376 e. The van der Waals surface area contributed by atoms with Gasteiger partial charge in [0.25, 0.3) is 0 Å². The van der Waals surface area contributed by atoms with Crippen LogP contribution in [0.5, 0.6) is 0 Å². The summed E-state index contributed by atoms with van der Waals surface area (Å²) in [6, 6.07) is 0.411. The van der Waals surface area contributed by atoms with Gasteiger partial charge in [-0.05, 0) is 18.9 Å². The van der Waals surface area contributed by atoms with E-state index in [9.17, 15) is 0 Å². The molecule has 90 valence electrons. The molecule has 0 radical (unpaired) electrons. The topological polar surface area (TPSA) is 34.2 Å². The molecule has 0 bridgehead atoms. The number of likely N-dealkylation sites (N-methyl/N-ethyl adjacent to an activating group) is 1. The maximum absolute atomic E-state index is 5.84. The van der Waals surface area contributed by atoms with Gasteiger partial charge in [0.05, 0.1) is 11.1 Å². The molecular formula is C12H20N2OS. The summed E-state index contributed by atoms with van der Waals surface area (Å²) < 4.78 is 5.84. The number of aromatic nitrogens is 1. The van der Waals surface area contributed by atoms with E-state index < -0.39 is 0 Å². The Morgan fingerprint density at radius 1 is 1.69 bits per heavy atom. The van der Waals surface area contributed by atoms with Crippen LogP contribution in [0.25, 0.3) is 0 Å². The molecule has 3 nitrogen and oxygen atoms in total. The van der Waals surface area contributed by atoms with E-state index in [-0.39, 0.29) is 0 Å². The van der Waals surface area contributed by atoms with Crippen LogP contribution >= 0.6 is 11.3 Å². The Morgan fingerprint density at radius 3 is 3.12 bits per heavy atom. The van der Waals surface area contributed by atoms with E-state index in [2.05, 4.69) is 24.1 Å². The van der Waals surface area contributed by atoms with Crippen LogP contribution < -0.4 is 5.32 Å². The molecule has 1 aromatic heterocycles. The first-order valence-electron chi connectivity index (χ1n) is 6.04. The number of hydrogen-bond donors (Lipinski definition) is 1. The van der Waals surface area contributed by atoms with E-state index in [0.717, 1.165) is 19.6 Å². The summed E-state index contributed by atoms with van der Waals surface area (Å²) in [7, 11) is 0.